The Morgan fingerprint density at radius 3 is 2.67 bits per heavy atom. The maximum Gasteiger partial charge on any atom is 0.305 e. The molecule has 2 aromatic rings. The molecular weight excluding hydrogens is 272 g/mol. The van der Waals surface area contributed by atoms with Gasteiger partial charge in [-0.25, -0.2) is 4.68 Å². The van der Waals surface area contributed by atoms with E-state index in [1.165, 1.54) is 0 Å². The first-order valence-corrected chi connectivity index (χ1v) is 6.74. The molecule has 1 aromatic carbocycles. The minimum absolute atomic E-state index is 0.0267. The largest absolute Gasteiger partial charge is 0.486 e. The van der Waals surface area contributed by atoms with Gasteiger partial charge in [0, 0.05) is 0 Å². The van der Waals surface area contributed by atoms with Gasteiger partial charge in [-0.15, -0.1) is 5.10 Å². The van der Waals surface area contributed by atoms with Gasteiger partial charge < -0.3 is 9.84 Å². The third kappa shape index (κ3) is 4.01. The quantitative estimate of drug-likeness (QED) is 0.838. The van der Waals surface area contributed by atoms with E-state index in [0.29, 0.717) is 11.6 Å². The molecule has 0 fully saturated rings. The van der Waals surface area contributed by atoms with Crippen LogP contribution in [0.3, 0.4) is 0 Å². The first-order valence-electron chi connectivity index (χ1n) is 6.74. The molecule has 1 heterocycles. The van der Waals surface area contributed by atoms with Crippen molar-refractivity contribution in [1.29, 1.82) is 0 Å². The molecular formula is C14H18N4O3. The second-order valence-corrected chi connectivity index (χ2v) is 5.05. The Kier molecular flexibility index (Phi) is 4.86. The van der Waals surface area contributed by atoms with Crippen molar-refractivity contribution in [2.75, 3.05) is 0 Å². The smallest absolute Gasteiger partial charge is 0.305 e. The summed E-state index contributed by atoms with van der Waals surface area (Å²) in [6.07, 6.45) is -0.0267. The molecule has 1 atom stereocenters. The molecule has 7 heteroatoms. The number of aromatic nitrogens is 4. The maximum atomic E-state index is 11.0. The fraction of sp³-hybridized carbons (Fsp3) is 0.429. The van der Waals surface area contributed by atoms with Crippen molar-refractivity contribution in [1.82, 2.24) is 20.2 Å². The normalized spacial score (nSPS) is 12.3. The van der Waals surface area contributed by atoms with Gasteiger partial charge in [0.15, 0.2) is 5.82 Å². The lowest BCUT2D eigenvalue weighted by atomic mass is 10.0. The highest BCUT2D eigenvalue weighted by Crippen LogP contribution is 2.22. The molecule has 0 bridgehead atoms. The Morgan fingerprint density at radius 1 is 1.33 bits per heavy atom. The van der Waals surface area contributed by atoms with Crippen LogP contribution in [-0.4, -0.2) is 31.3 Å². The van der Waals surface area contributed by atoms with Crippen LogP contribution in [0.5, 0.6) is 5.75 Å². The molecule has 7 nitrogen and oxygen atoms in total. The summed E-state index contributed by atoms with van der Waals surface area (Å²) < 4.78 is 7.16. The number of benzene rings is 1. The van der Waals surface area contributed by atoms with E-state index in [1.54, 1.807) is 4.68 Å². The highest BCUT2D eigenvalue weighted by molar-refractivity contribution is 5.67. The fourth-order valence-electron chi connectivity index (χ4n) is 2.01. The zero-order valence-electron chi connectivity index (χ0n) is 12.0. The van der Waals surface area contributed by atoms with Crippen LogP contribution in [0, 0.1) is 5.92 Å². The Balaban J connectivity index is 2.11. The number of tetrazole rings is 1. The Labute approximate surface area is 122 Å². The van der Waals surface area contributed by atoms with E-state index in [9.17, 15) is 4.79 Å². The molecule has 0 aliphatic rings. The third-order valence-corrected chi connectivity index (χ3v) is 3.14. The molecule has 0 amide bonds. The Hall–Kier alpha value is -2.44. The minimum Gasteiger partial charge on any atom is -0.486 e. The molecule has 0 radical (unpaired) electrons. The number of para-hydroxylation sites is 1. The summed E-state index contributed by atoms with van der Waals surface area (Å²) in [6.45, 7) is 4.08. The molecule has 1 N–H and O–H groups in total. The van der Waals surface area contributed by atoms with Gasteiger partial charge in [-0.05, 0) is 28.5 Å². The van der Waals surface area contributed by atoms with E-state index in [-0.39, 0.29) is 25.0 Å². The van der Waals surface area contributed by atoms with Crippen molar-refractivity contribution in [2.45, 2.75) is 32.9 Å². The summed E-state index contributed by atoms with van der Waals surface area (Å²) in [5.41, 5.74) is 0. The summed E-state index contributed by atoms with van der Waals surface area (Å²) >= 11 is 0. The lowest BCUT2D eigenvalue weighted by Crippen LogP contribution is -2.23. The second-order valence-electron chi connectivity index (χ2n) is 5.05. The molecule has 0 saturated carbocycles. The molecule has 2 rings (SSSR count). The van der Waals surface area contributed by atoms with Crippen LogP contribution >= 0.6 is 0 Å². The molecule has 1 unspecified atom stereocenters. The van der Waals surface area contributed by atoms with Gasteiger partial charge in [0.05, 0.1) is 12.5 Å². The van der Waals surface area contributed by atoms with Crippen LogP contribution in [0.15, 0.2) is 30.3 Å². The summed E-state index contributed by atoms with van der Waals surface area (Å²) in [6, 6.07) is 9.03. The van der Waals surface area contributed by atoms with Gasteiger partial charge in [0.1, 0.15) is 12.4 Å². The zero-order valence-corrected chi connectivity index (χ0v) is 12.0. The van der Waals surface area contributed by atoms with Crippen LogP contribution in [0.4, 0.5) is 0 Å². The average molecular weight is 290 g/mol. The van der Waals surface area contributed by atoms with Crippen molar-refractivity contribution >= 4 is 5.97 Å². The summed E-state index contributed by atoms with van der Waals surface area (Å²) in [7, 11) is 0. The molecule has 0 aliphatic carbocycles. The van der Waals surface area contributed by atoms with Crippen LogP contribution in [0.25, 0.3) is 0 Å². The number of carbonyl (C=O) groups is 1. The number of carboxylic acids is 1. The van der Waals surface area contributed by atoms with Crippen molar-refractivity contribution in [2.24, 2.45) is 5.92 Å². The summed E-state index contributed by atoms with van der Waals surface area (Å²) in [5.74, 6) is 0.449. The van der Waals surface area contributed by atoms with Crippen molar-refractivity contribution in [3.8, 4) is 5.75 Å². The van der Waals surface area contributed by atoms with Gasteiger partial charge >= 0.3 is 5.97 Å². The van der Waals surface area contributed by atoms with Gasteiger partial charge in [-0.1, -0.05) is 32.0 Å². The van der Waals surface area contributed by atoms with Crippen molar-refractivity contribution in [3.63, 3.8) is 0 Å². The monoisotopic (exact) mass is 290 g/mol. The van der Waals surface area contributed by atoms with Crippen LogP contribution < -0.4 is 4.74 Å². The van der Waals surface area contributed by atoms with Crippen LogP contribution in [0.2, 0.25) is 0 Å². The average Bonchev–Trinajstić information content (AvgIpc) is 2.91. The van der Waals surface area contributed by atoms with E-state index < -0.39 is 5.97 Å². The number of hydrogen-bond donors (Lipinski definition) is 1. The SMILES string of the molecule is CC(C)C(CC(=O)O)n1nnnc1COc1ccccc1. The predicted octanol–water partition coefficient (Wildman–Crippen LogP) is 1.92. The number of carboxylic acid groups (broad SMARTS) is 1. The minimum atomic E-state index is -0.876. The van der Waals surface area contributed by atoms with Crippen molar-refractivity contribution in [3.05, 3.63) is 36.2 Å². The standard InChI is InChI=1S/C14H18N4O3/c1-10(2)12(8-14(19)20)18-13(15-16-17-18)9-21-11-6-4-3-5-7-11/h3-7,10,12H,8-9H2,1-2H3,(H,19,20). The molecule has 21 heavy (non-hydrogen) atoms. The lowest BCUT2D eigenvalue weighted by Gasteiger charge is -2.20. The number of rotatable bonds is 7. The van der Waals surface area contributed by atoms with Gasteiger partial charge in [-0.2, -0.15) is 0 Å². The topological polar surface area (TPSA) is 90.1 Å². The Morgan fingerprint density at radius 2 is 2.05 bits per heavy atom. The predicted molar refractivity (Wildman–Crippen MR) is 74.7 cm³/mol. The highest BCUT2D eigenvalue weighted by atomic mass is 16.5. The van der Waals surface area contributed by atoms with E-state index in [0.717, 1.165) is 0 Å². The van der Waals surface area contributed by atoms with E-state index in [2.05, 4.69) is 15.5 Å². The number of nitrogens with zero attached hydrogens (tertiary/aromatic N) is 4. The number of hydrogen-bond acceptors (Lipinski definition) is 5. The summed E-state index contributed by atoms with van der Waals surface area (Å²) in [4.78, 5) is 11.0. The number of aliphatic carboxylic acids is 1. The van der Waals surface area contributed by atoms with Gasteiger partial charge in [0.2, 0.25) is 0 Å². The first kappa shape index (κ1) is 15.0. The Bertz CT molecular complexity index is 583. The van der Waals surface area contributed by atoms with E-state index in [4.69, 9.17) is 9.84 Å². The van der Waals surface area contributed by atoms with Gasteiger partial charge in [0.25, 0.3) is 0 Å². The lowest BCUT2D eigenvalue weighted by molar-refractivity contribution is -0.138. The van der Waals surface area contributed by atoms with E-state index in [1.807, 2.05) is 44.2 Å². The van der Waals surface area contributed by atoms with Gasteiger partial charge in [-0.3, -0.25) is 4.79 Å². The maximum absolute atomic E-state index is 11.0. The van der Waals surface area contributed by atoms with Crippen LogP contribution in [0.1, 0.15) is 32.1 Å². The first-order chi connectivity index (χ1) is 10.1. The number of ether oxygens (including phenoxy) is 1. The molecule has 112 valence electrons. The fourth-order valence-corrected chi connectivity index (χ4v) is 2.01. The molecule has 0 saturated heterocycles. The molecule has 0 spiro atoms. The van der Waals surface area contributed by atoms with Crippen LogP contribution in [-0.2, 0) is 11.4 Å². The van der Waals surface area contributed by atoms with E-state index >= 15 is 0 Å². The molecule has 0 aliphatic heterocycles. The second kappa shape index (κ2) is 6.83. The summed E-state index contributed by atoms with van der Waals surface area (Å²) in [5, 5.41) is 20.5. The molecule has 1 aromatic heterocycles. The van der Waals surface area contributed by atoms with Crippen molar-refractivity contribution < 1.29 is 14.6 Å². The third-order valence-electron chi connectivity index (χ3n) is 3.14. The highest BCUT2D eigenvalue weighted by Gasteiger charge is 2.23. The zero-order chi connectivity index (χ0) is 15.2.